The van der Waals surface area contributed by atoms with E-state index in [1.54, 1.807) is 0 Å². The first kappa shape index (κ1) is 6.52. The summed E-state index contributed by atoms with van der Waals surface area (Å²) in [5.74, 6) is 0. The summed E-state index contributed by atoms with van der Waals surface area (Å²) in [6, 6.07) is 8.41. The van der Waals surface area contributed by atoms with Gasteiger partial charge >= 0.3 is 0 Å². The van der Waals surface area contributed by atoms with Crippen LogP contribution in [0.3, 0.4) is 0 Å². The molecule has 0 saturated carbocycles. The van der Waals surface area contributed by atoms with Crippen LogP contribution in [0.4, 0.5) is 0 Å². The van der Waals surface area contributed by atoms with Crippen LogP contribution in [0.15, 0.2) is 24.3 Å². The zero-order valence-corrected chi connectivity index (χ0v) is 7.59. The molecule has 0 aromatic heterocycles. The minimum atomic E-state index is 0.663. The van der Waals surface area contributed by atoms with Gasteiger partial charge in [0.15, 0.2) is 0 Å². The van der Waals surface area contributed by atoms with Crippen LogP contribution in [0.1, 0.15) is 5.56 Å². The Morgan fingerprint density at radius 3 is 2.67 bits per heavy atom. The van der Waals surface area contributed by atoms with Gasteiger partial charge in [-0.25, -0.2) is 0 Å². The number of benzene rings is 1. The predicted octanol–water partition coefficient (Wildman–Crippen LogP) is -0.864. The van der Waals surface area contributed by atoms with Crippen molar-refractivity contribution in [2.24, 2.45) is 5.73 Å². The Bertz CT molecular complexity index is 198. The molecule has 1 aromatic carbocycles. The quantitative estimate of drug-likeness (QED) is 0.501. The monoisotopic (exact) mass is 137 g/mol. The Kier molecular flexibility index (Phi) is 2.03. The normalized spacial score (nSPS) is 9.89. The molecule has 1 aromatic rings. The largest absolute Gasteiger partial charge is 0.326 e. The summed E-state index contributed by atoms with van der Waals surface area (Å²) < 4.78 is 0. The fourth-order valence-corrected chi connectivity index (χ4v) is 1.40. The predicted molar refractivity (Wildman–Crippen MR) is 43.9 cm³/mol. The van der Waals surface area contributed by atoms with E-state index in [1.807, 2.05) is 0 Å². The zero-order valence-electron chi connectivity index (χ0n) is 5.59. The summed E-state index contributed by atoms with van der Waals surface area (Å²) in [6.07, 6.45) is 0. The van der Waals surface area contributed by atoms with Crippen molar-refractivity contribution in [2.45, 2.75) is 6.54 Å². The number of rotatable bonds is 1. The molecule has 48 valence electrons. The van der Waals surface area contributed by atoms with Gasteiger partial charge in [-0.3, -0.25) is 0 Å². The summed E-state index contributed by atoms with van der Waals surface area (Å²) in [6.45, 7) is 0.663. The molecule has 1 rings (SSSR count). The molecule has 0 amide bonds. The first-order chi connectivity index (χ1) is 4.33. The highest BCUT2D eigenvalue weighted by atomic mass is 28.1. The molecule has 0 bridgehead atoms. The molecule has 0 aliphatic carbocycles. The summed E-state index contributed by atoms with van der Waals surface area (Å²) in [5.41, 5.74) is 6.67. The van der Waals surface area contributed by atoms with Crippen LogP contribution >= 0.6 is 0 Å². The van der Waals surface area contributed by atoms with Crippen LogP contribution in [-0.2, 0) is 6.54 Å². The topological polar surface area (TPSA) is 26.0 Å². The lowest BCUT2D eigenvalue weighted by molar-refractivity contribution is 1.07. The van der Waals surface area contributed by atoms with Crippen LogP contribution in [0.25, 0.3) is 0 Å². The van der Waals surface area contributed by atoms with Crippen molar-refractivity contribution in [3.63, 3.8) is 0 Å². The smallest absolute Gasteiger partial charge is 0.0385 e. The van der Waals surface area contributed by atoms with Crippen molar-refractivity contribution < 1.29 is 0 Å². The van der Waals surface area contributed by atoms with Gasteiger partial charge < -0.3 is 5.73 Å². The molecular formula is C7H11NSi. The summed E-state index contributed by atoms with van der Waals surface area (Å²) >= 11 is 0. The average Bonchev–Trinajstić information content (AvgIpc) is 1.88. The lowest BCUT2D eigenvalue weighted by Crippen LogP contribution is -2.05. The molecular weight excluding hydrogens is 126 g/mol. The van der Waals surface area contributed by atoms with Crippen LogP contribution in [0, 0.1) is 0 Å². The maximum Gasteiger partial charge on any atom is 0.0385 e. The van der Waals surface area contributed by atoms with E-state index >= 15 is 0 Å². The fraction of sp³-hybridized carbons (Fsp3) is 0.143. The van der Waals surface area contributed by atoms with Crippen molar-refractivity contribution in [2.75, 3.05) is 0 Å². The number of hydrogen-bond acceptors (Lipinski definition) is 1. The summed E-state index contributed by atoms with van der Waals surface area (Å²) in [5, 5.41) is 1.41. The van der Waals surface area contributed by atoms with Crippen molar-refractivity contribution in [3.05, 3.63) is 29.8 Å². The molecule has 0 spiro atoms. The minimum Gasteiger partial charge on any atom is -0.326 e. The molecule has 0 unspecified atom stereocenters. The van der Waals surface area contributed by atoms with Gasteiger partial charge in [-0.15, -0.1) is 0 Å². The molecule has 0 aliphatic rings. The van der Waals surface area contributed by atoms with Crippen LogP contribution in [0.2, 0.25) is 0 Å². The minimum absolute atomic E-state index is 0.663. The maximum absolute atomic E-state index is 5.43. The Morgan fingerprint density at radius 1 is 1.44 bits per heavy atom. The summed E-state index contributed by atoms with van der Waals surface area (Å²) in [7, 11) is 1.12. The van der Waals surface area contributed by atoms with Gasteiger partial charge in [0.2, 0.25) is 0 Å². The first-order valence-electron chi connectivity index (χ1n) is 3.08. The van der Waals surface area contributed by atoms with Crippen LogP contribution < -0.4 is 10.9 Å². The van der Waals surface area contributed by atoms with Gasteiger partial charge in [0.05, 0.1) is 0 Å². The molecule has 0 radical (unpaired) electrons. The van der Waals surface area contributed by atoms with Crippen molar-refractivity contribution in [3.8, 4) is 0 Å². The molecule has 0 atom stereocenters. The van der Waals surface area contributed by atoms with Gasteiger partial charge in [0, 0.05) is 16.8 Å². The number of nitrogens with two attached hydrogens (primary N) is 1. The Hall–Kier alpha value is -0.603. The van der Waals surface area contributed by atoms with Crippen molar-refractivity contribution in [1.82, 2.24) is 0 Å². The molecule has 1 nitrogen and oxygen atoms in total. The van der Waals surface area contributed by atoms with E-state index in [9.17, 15) is 0 Å². The fourth-order valence-electron chi connectivity index (χ4n) is 0.839. The Labute approximate surface area is 58.3 Å². The Balaban J connectivity index is 2.94. The molecule has 9 heavy (non-hydrogen) atoms. The van der Waals surface area contributed by atoms with E-state index in [-0.39, 0.29) is 0 Å². The lowest BCUT2D eigenvalue weighted by Gasteiger charge is -1.95. The second kappa shape index (κ2) is 2.80. The SMILES string of the molecule is NCc1cccc([SiH3])c1. The maximum atomic E-state index is 5.43. The first-order valence-corrected chi connectivity index (χ1v) is 4.08. The second-order valence-corrected chi connectivity index (χ2v) is 3.35. The third kappa shape index (κ3) is 1.66. The summed E-state index contributed by atoms with van der Waals surface area (Å²) in [4.78, 5) is 0. The average molecular weight is 137 g/mol. The van der Waals surface area contributed by atoms with Gasteiger partial charge in [0.25, 0.3) is 0 Å². The van der Waals surface area contributed by atoms with Gasteiger partial charge in [-0.05, 0) is 5.56 Å². The lowest BCUT2D eigenvalue weighted by atomic mass is 10.2. The van der Waals surface area contributed by atoms with Gasteiger partial charge in [-0.1, -0.05) is 29.5 Å². The molecule has 0 heterocycles. The van der Waals surface area contributed by atoms with Gasteiger partial charge in [0.1, 0.15) is 0 Å². The standard InChI is InChI=1S/C7H11NSi/c8-5-6-2-1-3-7(9)4-6/h1-4H,5,8H2,9H3. The molecule has 0 saturated heterocycles. The van der Waals surface area contributed by atoms with Crippen LogP contribution in [0.5, 0.6) is 0 Å². The van der Waals surface area contributed by atoms with E-state index in [1.165, 1.54) is 10.8 Å². The third-order valence-electron chi connectivity index (χ3n) is 1.32. The molecule has 2 heteroatoms. The van der Waals surface area contributed by atoms with Crippen molar-refractivity contribution in [1.29, 1.82) is 0 Å². The zero-order chi connectivity index (χ0) is 6.69. The second-order valence-electron chi connectivity index (χ2n) is 2.19. The molecule has 0 aliphatic heterocycles. The highest BCUT2D eigenvalue weighted by Gasteiger charge is 1.85. The third-order valence-corrected chi connectivity index (χ3v) is 1.94. The van der Waals surface area contributed by atoms with E-state index < -0.39 is 0 Å². The molecule has 2 N–H and O–H groups in total. The van der Waals surface area contributed by atoms with E-state index in [0.717, 1.165) is 10.2 Å². The highest BCUT2D eigenvalue weighted by Crippen LogP contribution is 1.91. The van der Waals surface area contributed by atoms with Crippen molar-refractivity contribution >= 4 is 15.4 Å². The van der Waals surface area contributed by atoms with E-state index in [2.05, 4.69) is 24.3 Å². The Morgan fingerprint density at radius 2 is 2.22 bits per heavy atom. The van der Waals surface area contributed by atoms with E-state index in [4.69, 9.17) is 5.73 Å². The van der Waals surface area contributed by atoms with Crippen LogP contribution in [-0.4, -0.2) is 10.2 Å². The van der Waals surface area contributed by atoms with E-state index in [0.29, 0.717) is 6.54 Å². The van der Waals surface area contributed by atoms with Gasteiger partial charge in [-0.2, -0.15) is 0 Å². The highest BCUT2D eigenvalue weighted by molar-refractivity contribution is 6.32. The molecule has 0 fully saturated rings. The number of hydrogen-bond donors (Lipinski definition) is 1.